The van der Waals surface area contributed by atoms with Crippen LogP contribution in [0.3, 0.4) is 0 Å². The van der Waals surface area contributed by atoms with E-state index < -0.39 is 5.82 Å². The van der Waals surface area contributed by atoms with Gasteiger partial charge in [0.2, 0.25) is 0 Å². The van der Waals surface area contributed by atoms with Gasteiger partial charge >= 0.3 is 0 Å². The minimum absolute atomic E-state index is 0.129. The number of methoxy groups -OCH3 is 1. The maximum atomic E-state index is 13.9. The van der Waals surface area contributed by atoms with Crippen LogP contribution in [0.4, 0.5) is 4.39 Å². The molecule has 0 spiro atoms. The number of ether oxygens (including phenoxy) is 2. The van der Waals surface area contributed by atoms with Gasteiger partial charge < -0.3 is 9.47 Å². The van der Waals surface area contributed by atoms with Crippen molar-refractivity contribution in [1.82, 2.24) is 0 Å². The molecule has 0 bridgehead atoms. The molecule has 0 aliphatic heterocycles. The molecule has 4 heteroatoms. The van der Waals surface area contributed by atoms with Crippen LogP contribution in [0.15, 0.2) is 36.4 Å². The Morgan fingerprint density at radius 3 is 2.68 bits per heavy atom. The Balaban J connectivity index is 2.17. The fraction of sp³-hybridized carbons (Fsp3) is 0.200. The van der Waals surface area contributed by atoms with Gasteiger partial charge in [-0.15, -0.1) is 0 Å². The van der Waals surface area contributed by atoms with Crippen molar-refractivity contribution in [2.75, 3.05) is 7.11 Å². The number of halogens is 2. The monoisotopic (exact) mass is 280 g/mol. The van der Waals surface area contributed by atoms with Crippen molar-refractivity contribution in [2.45, 2.75) is 13.5 Å². The van der Waals surface area contributed by atoms with Crippen LogP contribution >= 0.6 is 11.6 Å². The molecule has 2 nitrogen and oxygen atoms in total. The Morgan fingerprint density at radius 2 is 1.95 bits per heavy atom. The zero-order chi connectivity index (χ0) is 13.8. The number of aryl methyl sites for hydroxylation is 1. The van der Waals surface area contributed by atoms with Crippen LogP contribution in [-0.4, -0.2) is 7.11 Å². The fourth-order valence-electron chi connectivity index (χ4n) is 1.71. The Labute approximate surface area is 116 Å². The molecule has 0 aliphatic carbocycles. The summed E-state index contributed by atoms with van der Waals surface area (Å²) < 4.78 is 24.5. The van der Waals surface area contributed by atoms with Crippen molar-refractivity contribution in [3.05, 3.63) is 58.4 Å². The summed E-state index contributed by atoms with van der Waals surface area (Å²) in [5.74, 6) is 0.461. The molecule has 0 saturated heterocycles. The van der Waals surface area contributed by atoms with E-state index in [0.29, 0.717) is 16.3 Å². The molecule has 2 rings (SSSR count). The predicted octanol–water partition coefficient (Wildman–Crippen LogP) is 4.38. The summed E-state index contributed by atoms with van der Waals surface area (Å²) in [5, 5.41) is 0.590. The van der Waals surface area contributed by atoms with Gasteiger partial charge in [0.25, 0.3) is 0 Å². The van der Waals surface area contributed by atoms with Crippen molar-refractivity contribution in [1.29, 1.82) is 0 Å². The first-order valence-electron chi connectivity index (χ1n) is 5.82. The smallest absolute Gasteiger partial charge is 0.171 e. The van der Waals surface area contributed by atoms with Crippen LogP contribution in [-0.2, 0) is 6.61 Å². The summed E-state index contributed by atoms with van der Waals surface area (Å²) in [5.41, 5.74) is 1.39. The van der Waals surface area contributed by atoms with Gasteiger partial charge in [-0.05, 0) is 30.7 Å². The van der Waals surface area contributed by atoms with E-state index in [2.05, 4.69) is 0 Å². The third-order valence-corrected chi connectivity index (χ3v) is 3.03. The summed E-state index contributed by atoms with van der Waals surface area (Å²) in [6.07, 6.45) is 0. The minimum atomic E-state index is -0.398. The van der Waals surface area contributed by atoms with Crippen molar-refractivity contribution in [3.63, 3.8) is 0 Å². The average molecular weight is 281 g/mol. The molecule has 2 aromatic carbocycles. The molecule has 0 aliphatic rings. The summed E-state index contributed by atoms with van der Waals surface area (Å²) in [6.45, 7) is 2.04. The van der Waals surface area contributed by atoms with Gasteiger partial charge in [0.15, 0.2) is 11.6 Å². The quantitative estimate of drug-likeness (QED) is 0.828. The number of benzene rings is 2. The molecule has 0 radical (unpaired) electrons. The van der Waals surface area contributed by atoms with Crippen LogP contribution in [0, 0.1) is 12.7 Å². The second kappa shape index (κ2) is 5.93. The topological polar surface area (TPSA) is 18.5 Å². The third kappa shape index (κ3) is 3.18. The highest BCUT2D eigenvalue weighted by molar-refractivity contribution is 6.30. The second-order valence-electron chi connectivity index (χ2n) is 4.13. The van der Waals surface area contributed by atoms with Crippen molar-refractivity contribution in [3.8, 4) is 11.5 Å². The lowest BCUT2D eigenvalue weighted by Crippen LogP contribution is -2.01. The predicted molar refractivity (Wildman–Crippen MR) is 73.5 cm³/mol. The highest BCUT2D eigenvalue weighted by Gasteiger charge is 2.09. The van der Waals surface area contributed by atoms with Crippen LogP contribution < -0.4 is 9.47 Å². The Bertz CT molecular complexity index is 584. The minimum Gasteiger partial charge on any atom is -0.494 e. The first kappa shape index (κ1) is 13.7. The standard InChI is InChI=1S/C15H14ClFO2/c1-10-6-7-12(16)8-14(10)19-9-11-4-3-5-13(18-2)15(11)17/h3-8H,9H2,1-2H3. The van der Waals surface area contributed by atoms with Gasteiger partial charge in [0, 0.05) is 10.6 Å². The van der Waals surface area contributed by atoms with E-state index in [1.165, 1.54) is 7.11 Å². The molecular formula is C15H14ClFO2. The lowest BCUT2D eigenvalue weighted by atomic mass is 10.2. The highest BCUT2D eigenvalue weighted by Crippen LogP contribution is 2.25. The lowest BCUT2D eigenvalue weighted by molar-refractivity contribution is 0.294. The summed E-state index contributed by atoms with van der Waals surface area (Å²) in [4.78, 5) is 0. The molecule has 0 saturated carbocycles. The fourth-order valence-corrected chi connectivity index (χ4v) is 1.87. The number of rotatable bonds is 4. The zero-order valence-electron chi connectivity index (χ0n) is 10.7. The first-order valence-corrected chi connectivity index (χ1v) is 6.20. The average Bonchev–Trinajstić information content (AvgIpc) is 2.41. The van der Waals surface area contributed by atoms with Gasteiger partial charge in [-0.3, -0.25) is 0 Å². The van der Waals surface area contributed by atoms with Crippen LogP contribution in [0.2, 0.25) is 5.02 Å². The summed E-state index contributed by atoms with van der Waals surface area (Å²) in [6, 6.07) is 10.3. The maximum absolute atomic E-state index is 13.9. The van der Waals surface area contributed by atoms with E-state index in [9.17, 15) is 4.39 Å². The van der Waals surface area contributed by atoms with Gasteiger partial charge in [-0.25, -0.2) is 4.39 Å². The van der Waals surface area contributed by atoms with E-state index in [-0.39, 0.29) is 12.4 Å². The number of hydrogen-bond acceptors (Lipinski definition) is 2. The molecule has 2 aromatic rings. The summed E-state index contributed by atoms with van der Waals surface area (Å²) in [7, 11) is 1.43. The van der Waals surface area contributed by atoms with Gasteiger partial charge in [-0.1, -0.05) is 29.8 Å². The molecule has 0 heterocycles. The molecule has 0 fully saturated rings. The molecule has 19 heavy (non-hydrogen) atoms. The van der Waals surface area contributed by atoms with Crippen molar-refractivity contribution >= 4 is 11.6 Å². The van der Waals surface area contributed by atoms with E-state index in [1.807, 2.05) is 13.0 Å². The van der Waals surface area contributed by atoms with Gasteiger partial charge in [-0.2, -0.15) is 0 Å². The van der Waals surface area contributed by atoms with Gasteiger partial charge in [0.1, 0.15) is 12.4 Å². The van der Waals surface area contributed by atoms with E-state index >= 15 is 0 Å². The first-order chi connectivity index (χ1) is 9.11. The number of hydrogen-bond donors (Lipinski definition) is 0. The zero-order valence-corrected chi connectivity index (χ0v) is 11.5. The summed E-state index contributed by atoms with van der Waals surface area (Å²) >= 11 is 5.90. The maximum Gasteiger partial charge on any atom is 0.171 e. The Hall–Kier alpha value is -1.74. The largest absolute Gasteiger partial charge is 0.494 e. The highest BCUT2D eigenvalue weighted by atomic mass is 35.5. The lowest BCUT2D eigenvalue weighted by Gasteiger charge is -2.11. The van der Waals surface area contributed by atoms with E-state index in [0.717, 1.165) is 5.56 Å². The molecule has 0 aromatic heterocycles. The van der Waals surface area contributed by atoms with E-state index in [4.69, 9.17) is 21.1 Å². The third-order valence-electron chi connectivity index (χ3n) is 2.80. The molecule has 100 valence electrons. The SMILES string of the molecule is COc1cccc(COc2cc(Cl)ccc2C)c1F. The molecule has 0 amide bonds. The van der Waals surface area contributed by atoms with Crippen LogP contribution in [0.25, 0.3) is 0 Å². The van der Waals surface area contributed by atoms with Crippen LogP contribution in [0.1, 0.15) is 11.1 Å². The molecule has 0 N–H and O–H groups in total. The normalized spacial score (nSPS) is 10.3. The molecule has 0 atom stereocenters. The Morgan fingerprint density at radius 1 is 1.16 bits per heavy atom. The van der Waals surface area contributed by atoms with Crippen molar-refractivity contribution in [2.24, 2.45) is 0 Å². The van der Waals surface area contributed by atoms with Crippen molar-refractivity contribution < 1.29 is 13.9 Å². The van der Waals surface area contributed by atoms with Crippen LogP contribution in [0.5, 0.6) is 11.5 Å². The van der Waals surface area contributed by atoms with Gasteiger partial charge in [0.05, 0.1) is 7.11 Å². The van der Waals surface area contributed by atoms with E-state index in [1.54, 1.807) is 30.3 Å². The second-order valence-corrected chi connectivity index (χ2v) is 4.57. The molecule has 0 unspecified atom stereocenters. The Kier molecular flexibility index (Phi) is 4.27. The molecular weight excluding hydrogens is 267 g/mol.